The van der Waals surface area contributed by atoms with Crippen molar-refractivity contribution in [3.8, 4) is 0 Å². The molecule has 0 radical (unpaired) electrons. The Morgan fingerprint density at radius 1 is 1.41 bits per heavy atom. The number of aromatic amines is 1. The minimum atomic E-state index is -1.05. The van der Waals surface area contributed by atoms with Crippen molar-refractivity contribution in [3.63, 3.8) is 0 Å². The van der Waals surface area contributed by atoms with E-state index in [0.29, 0.717) is 11.4 Å². The van der Waals surface area contributed by atoms with E-state index in [1.54, 1.807) is 34.6 Å². The molecule has 1 amide bonds. The summed E-state index contributed by atoms with van der Waals surface area (Å²) >= 11 is 0. The first-order valence-corrected chi connectivity index (χ1v) is 5.41. The van der Waals surface area contributed by atoms with E-state index in [-0.39, 0.29) is 5.69 Å². The maximum absolute atomic E-state index is 12.0. The molecule has 17 heavy (non-hydrogen) atoms. The number of aromatic nitrogens is 2. The highest BCUT2D eigenvalue weighted by molar-refractivity contribution is 5.98. The molecule has 1 rings (SSSR count). The second-order valence-electron chi connectivity index (χ2n) is 5.25. The fraction of sp³-hybridized carbons (Fsp3) is 0.636. The number of aryl methyl sites for hydroxylation is 1. The van der Waals surface area contributed by atoms with Crippen molar-refractivity contribution >= 4 is 11.6 Å². The Bertz CT molecular complexity index is 429. The van der Waals surface area contributed by atoms with Crippen LogP contribution < -0.4 is 11.1 Å². The van der Waals surface area contributed by atoms with Crippen LogP contribution in [0, 0.1) is 6.92 Å². The van der Waals surface area contributed by atoms with Crippen LogP contribution in [0.15, 0.2) is 0 Å². The molecule has 0 aromatic carbocycles. The molecule has 0 aliphatic carbocycles. The molecule has 1 aromatic rings. The number of hydrogen-bond donors (Lipinski definition) is 4. The molecular weight excluding hydrogens is 220 g/mol. The van der Waals surface area contributed by atoms with Crippen LogP contribution in [0.3, 0.4) is 0 Å². The smallest absolute Gasteiger partial charge is 0.274 e. The average Bonchev–Trinajstić information content (AvgIpc) is 2.45. The average molecular weight is 240 g/mol. The van der Waals surface area contributed by atoms with Crippen molar-refractivity contribution in [2.45, 2.75) is 45.8 Å². The molecule has 0 spiro atoms. The molecule has 0 atom stereocenters. The lowest BCUT2D eigenvalue weighted by Gasteiger charge is -2.37. The van der Waals surface area contributed by atoms with Crippen molar-refractivity contribution in [3.05, 3.63) is 11.4 Å². The summed E-state index contributed by atoms with van der Waals surface area (Å²) in [7, 11) is 0. The minimum absolute atomic E-state index is 0.153. The molecule has 0 unspecified atom stereocenters. The molecular formula is C11H20N4O2. The van der Waals surface area contributed by atoms with Gasteiger partial charge in [0.1, 0.15) is 0 Å². The zero-order valence-corrected chi connectivity index (χ0v) is 10.9. The third kappa shape index (κ3) is 2.58. The minimum Gasteiger partial charge on any atom is -0.395 e. The first-order chi connectivity index (χ1) is 7.56. The van der Waals surface area contributed by atoms with Gasteiger partial charge in [-0.15, -0.1) is 0 Å². The molecule has 1 heterocycles. The number of rotatable bonds is 3. The lowest BCUT2D eigenvalue weighted by Crippen LogP contribution is -2.57. The van der Waals surface area contributed by atoms with Crippen molar-refractivity contribution < 1.29 is 9.90 Å². The van der Waals surface area contributed by atoms with Crippen molar-refractivity contribution in [1.29, 1.82) is 0 Å². The van der Waals surface area contributed by atoms with Crippen LogP contribution in [0.5, 0.6) is 0 Å². The molecule has 0 aliphatic rings. The second-order valence-corrected chi connectivity index (χ2v) is 5.25. The largest absolute Gasteiger partial charge is 0.395 e. The first kappa shape index (κ1) is 13.5. The van der Waals surface area contributed by atoms with E-state index in [4.69, 9.17) is 5.73 Å². The lowest BCUT2D eigenvalue weighted by molar-refractivity contribution is -0.00300. The lowest BCUT2D eigenvalue weighted by atomic mass is 9.86. The van der Waals surface area contributed by atoms with Gasteiger partial charge in [0, 0.05) is 0 Å². The van der Waals surface area contributed by atoms with Gasteiger partial charge in [-0.2, -0.15) is 5.10 Å². The highest BCUT2D eigenvalue weighted by Crippen LogP contribution is 2.22. The van der Waals surface area contributed by atoms with Crippen molar-refractivity contribution in [2.75, 3.05) is 5.73 Å². The molecule has 0 bridgehead atoms. The highest BCUT2D eigenvalue weighted by atomic mass is 16.3. The number of hydrogen-bond acceptors (Lipinski definition) is 4. The Morgan fingerprint density at radius 2 is 1.94 bits per heavy atom. The van der Waals surface area contributed by atoms with Crippen molar-refractivity contribution in [2.24, 2.45) is 0 Å². The van der Waals surface area contributed by atoms with E-state index in [1.165, 1.54) is 0 Å². The zero-order chi connectivity index (χ0) is 13.4. The molecule has 0 saturated carbocycles. The van der Waals surface area contributed by atoms with Crippen LogP contribution in [-0.4, -0.2) is 32.4 Å². The van der Waals surface area contributed by atoms with Gasteiger partial charge in [0.15, 0.2) is 5.69 Å². The van der Waals surface area contributed by atoms with E-state index in [0.717, 1.165) is 0 Å². The fourth-order valence-corrected chi connectivity index (χ4v) is 1.11. The van der Waals surface area contributed by atoms with Crippen molar-refractivity contribution in [1.82, 2.24) is 15.5 Å². The van der Waals surface area contributed by atoms with Crippen LogP contribution >= 0.6 is 0 Å². The first-order valence-electron chi connectivity index (χ1n) is 5.41. The number of nitrogens with zero attached hydrogens (tertiary/aromatic N) is 1. The van der Waals surface area contributed by atoms with Gasteiger partial charge in [0.2, 0.25) is 0 Å². The number of H-pyrrole nitrogens is 1. The highest BCUT2D eigenvalue weighted by Gasteiger charge is 2.37. The Morgan fingerprint density at radius 3 is 2.29 bits per heavy atom. The summed E-state index contributed by atoms with van der Waals surface area (Å²) in [6.45, 7) is 8.47. The molecule has 96 valence electrons. The third-order valence-electron chi connectivity index (χ3n) is 3.17. The van der Waals surface area contributed by atoms with Gasteiger partial charge < -0.3 is 16.2 Å². The van der Waals surface area contributed by atoms with Gasteiger partial charge in [-0.05, 0) is 34.6 Å². The van der Waals surface area contributed by atoms with E-state index in [1.807, 2.05) is 0 Å². The Hall–Kier alpha value is -1.56. The Kier molecular flexibility index (Phi) is 3.20. The molecule has 0 fully saturated rings. The van der Waals surface area contributed by atoms with Gasteiger partial charge in [0.25, 0.3) is 5.91 Å². The van der Waals surface area contributed by atoms with E-state index in [2.05, 4.69) is 15.5 Å². The van der Waals surface area contributed by atoms with E-state index in [9.17, 15) is 9.90 Å². The second kappa shape index (κ2) is 4.03. The molecule has 1 aromatic heterocycles. The molecule has 0 saturated heterocycles. The summed E-state index contributed by atoms with van der Waals surface area (Å²) in [5.74, 6) is -0.404. The summed E-state index contributed by atoms with van der Waals surface area (Å²) in [6.07, 6.45) is 0. The fourth-order valence-electron chi connectivity index (χ4n) is 1.11. The number of amides is 1. The summed E-state index contributed by atoms with van der Waals surface area (Å²) in [4.78, 5) is 12.0. The number of aliphatic hydroxyl groups is 1. The number of nitrogen functional groups attached to an aromatic ring is 1. The van der Waals surface area contributed by atoms with Crippen LogP contribution in [-0.2, 0) is 0 Å². The van der Waals surface area contributed by atoms with Gasteiger partial charge in [-0.25, -0.2) is 0 Å². The zero-order valence-electron chi connectivity index (χ0n) is 10.9. The number of anilines is 1. The normalized spacial score (nSPS) is 12.6. The van der Waals surface area contributed by atoms with Crippen LogP contribution in [0.4, 0.5) is 5.69 Å². The number of nitrogens with one attached hydrogen (secondary N) is 2. The van der Waals surface area contributed by atoms with E-state index >= 15 is 0 Å². The summed E-state index contributed by atoms with van der Waals surface area (Å²) in [5, 5.41) is 19.1. The maximum atomic E-state index is 12.0. The molecule has 6 heteroatoms. The maximum Gasteiger partial charge on any atom is 0.274 e. The Balaban J connectivity index is 2.91. The molecule has 5 N–H and O–H groups in total. The summed E-state index contributed by atoms with van der Waals surface area (Å²) < 4.78 is 0. The van der Waals surface area contributed by atoms with Crippen LogP contribution in [0.1, 0.15) is 43.9 Å². The third-order valence-corrected chi connectivity index (χ3v) is 3.17. The summed E-state index contributed by atoms with van der Waals surface area (Å²) in [5.41, 5.74) is 5.00. The van der Waals surface area contributed by atoms with Crippen LogP contribution in [0.25, 0.3) is 0 Å². The number of nitrogens with two attached hydrogens (primary N) is 1. The monoisotopic (exact) mass is 240 g/mol. The molecule has 6 nitrogen and oxygen atoms in total. The van der Waals surface area contributed by atoms with E-state index < -0.39 is 17.0 Å². The number of carbonyl (C=O) groups excluding carboxylic acids is 1. The SMILES string of the molecule is Cc1[nH]nc(C(=O)NC(C)(C)C(C)(C)O)c1N. The topological polar surface area (TPSA) is 104 Å². The van der Waals surface area contributed by atoms with Gasteiger partial charge in [-0.3, -0.25) is 9.89 Å². The predicted molar refractivity (Wildman–Crippen MR) is 65.6 cm³/mol. The standard InChI is InChI=1S/C11H20N4O2/c1-6-7(12)8(15-14-6)9(16)13-10(2,3)11(4,5)17/h17H,12H2,1-5H3,(H,13,16)(H,14,15). The van der Waals surface area contributed by atoms with Crippen LogP contribution in [0.2, 0.25) is 0 Å². The molecule has 0 aliphatic heterocycles. The summed E-state index contributed by atoms with van der Waals surface area (Å²) in [6, 6.07) is 0. The van der Waals surface area contributed by atoms with Gasteiger partial charge in [-0.1, -0.05) is 0 Å². The van der Waals surface area contributed by atoms with Gasteiger partial charge >= 0.3 is 0 Å². The quantitative estimate of drug-likeness (QED) is 0.620. The van der Waals surface area contributed by atoms with Gasteiger partial charge in [0.05, 0.1) is 22.5 Å². The number of carbonyl (C=O) groups is 1. The predicted octanol–water partition coefficient (Wildman–Crippen LogP) is 0.580. The Labute approximate surface area is 101 Å².